The van der Waals surface area contributed by atoms with E-state index in [1.807, 2.05) is 6.07 Å². The Morgan fingerprint density at radius 3 is 2.62 bits per heavy atom. The fourth-order valence-electron chi connectivity index (χ4n) is 1.74. The summed E-state index contributed by atoms with van der Waals surface area (Å²) < 4.78 is 14.0. The minimum atomic E-state index is -0.179. The molecule has 1 atom stereocenters. The highest BCUT2D eigenvalue weighted by atomic mass is 79.9. The molecule has 0 aliphatic heterocycles. The molecule has 0 radical (unpaired) electrons. The Balaban J connectivity index is 2.58. The second kappa shape index (κ2) is 6.36. The second-order valence-corrected chi connectivity index (χ2v) is 5.40. The number of rotatable bonds is 5. The van der Waals surface area contributed by atoms with Crippen molar-refractivity contribution in [2.24, 2.45) is 5.92 Å². The molecule has 1 rings (SSSR count). The lowest BCUT2D eigenvalue weighted by molar-refractivity contribution is 0.275. The van der Waals surface area contributed by atoms with Crippen molar-refractivity contribution < 1.29 is 4.39 Å². The summed E-state index contributed by atoms with van der Waals surface area (Å²) in [5.74, 6) is 0.503. The van der Waals surface area contributed by atoms with Gasteiger partial charge in [-0.1, -0.05) is 36.2 Å². The Labute approximate surface area is 106 Å². The standard InChI is InChI=1S/C13H19BrFN/c1-4-10(2)8-16(3)9-11-5-12(14)7-13(15)6-11/h5-7,10H,4,8-9H2,1-3H3. The average Bonchev–Trinajstić information content (AvgIpc) is 2.15. The van der Waals surface area contributed by atoms with Gasteiger partial charge in [-0.15, -0.1) is 0 Å². The average molecular weight is 288 g/mol. The van der Waals surface area contributed by atoms with Crippen molar-refractivity contribution >= 4 is 15.9 Å². The summed E-state index contributed by atoms with van der Waals surface area (Å²) in [6.45, 7) is 6.26. The molecule has 0 heterocycles. The first-order valence-corrected chi connectivity index (χ1v) is 6.44. The predicted octanol–water partition coefficient (Wildman–Crippen LogP) is 4.07. The smallest absolute Gasteiger partial charge is 0.124 e. The van der Waals surface area contributed by atoms with Gasteiger partial charge in [-0.3, -0.25) is 0 Å². The van der Waals surface area contributed by atoms with Gasteiger partial charge in [0.1, 0.15) is 5.82 Å². The number of nitrogens with zero attached hydrogens (tertiary/aromatic N) is 1. The molecule has 0 aliphatic rings. The van der Waals surface area contributed by atoms with Crippen LogP contribution >= 0.6 is 15.9 Å². The van der Waals surface area contributed by atoms with Gasteiger partial charge in [0.15, 0.2) is 0 Å². The van der Waals surface area contributed by atoms with E-state index in [1.165, 1.54) is 12.5 Å². The fourth-order valence-corrected chi connectivity index (χ4v) is 2.25. The van der Waals surface area contributed by atoms with Crippen molar-refractivity contribution in [1.82, 2.24) is 4.90 Å². The Kier molecular flexibility index (Phi) is 5.42. The third-order valence-electron chi connectivity index (χ3n) is 2.70. The van der Waals surface area contributed by atoms with Crippen LogP contribution in [0.3, 0.4) is 0 Å². The molecule has 1 aromatic carbocycles. The van der Waals surface area contributed by atoms with Gasteiger partial charge < -0.3 is 4.90 Å². The Morgan fingerprint density at radius 1 is 1.38 bits per heavy atom. The van der Waals surface area contributed by atoms with Gasteiger partial charge >= 0.3 is 0 Å². The van der Waals surface area contributed by atoms with E-state index in [2.05, 4.69) is 41.7 Å². The van der Waals surface area contributed by atoms with Gasteiger partial charge in [0, 0.05) is 17.6 Å². The molecule has 0 aliphatic carbocycles. The molecule has 1 nitrogen and oxygen atoms in total. The van der Waals surface area contributed by atoms with Crippen LogP contribution in [-0.2, 0) is 6.54 Å². The molecule has 1 unspecified atom stereocenters. The van der Waals surface area contributed by atoms with Crippen LogP contribution < -0.4 is 0 Å². The number of hydrogen-bond acceptors (Lipinski definition) is 1. The van der Waals surface area contributed by atoms with Crippen LogP contribution in [0.1, 0.15) is 25.8 Å². The van der Waals surface area contributed by atoms with Gasteiger partial charge in [0.2, 0.25) is 0 Å². The lowest BCUT2D eigenvalue weighted by atomic mass is 10.1. The van der Waals surface area contributed by atoms with Gasteiger partial charge in [0.05, 0.1) is 0 Å². The third kappa shape index (κ3) is 4.62. The van der Waals surface area contributed by atoms with Crippen molar-refractivity contribution in [1.29, 1.82) is 0 Å². The molecule has 3 heteroatoms. The maximum absolute atomic E-state index is 13.2. The van der Waals surface area contributed by atoms with Crippen molar-refractivity contribution in [3.05, 3.63) is 34.1 Å². The number of hydrogen-bond donors (Lipinski definition) is 0. The quantitative estimate of drug-likeness (QED) is 0.789. The van der Waals surface area contributed by atoms with Crippen LogP contribution in [0.5, 0.6) is 0 Å². The van der Waals surface area contributed by atoms with E-state index in [9.17, 15) is 4.39 Å². The van der Waals surface area contributed by atoms with Gasteiger partial charge in [-0.2, -0.15) is 0 Å². The van der Waals surface area contributed by atoms with Crippen molar-refractivity contribution in [3.8, 4) is 0 Å². The molecule has 0 saturated carbocycles. The van der Waals surface area contributed by atoms with Crippen molar-refractivity contribution in [3.63, 3.8) is 0 Å². The van der Waals surface area contributed by atoms with E-state index in [0.29, 0.717) is 5.92 Å². The molecule has 0 fully saturated rings. The first-order valence-electron chi connectivity index (χ1n) is 5.64. The molecule has 0 amide bonds. The van der Waals surface area contributed by atoms with Gasteiger partial charge in [-0.05, 0) is 36.7 Å². The van der Waals surface area contributed by atoms with E-state index in [4.69, 9.17) is 0 Å². The zero-order chi connectivity index (χ0) is 12.1. The SMILES string of the molecule is CCC(C)CN(C)Cc1cc(F)cc(Br)c1. The van der Waals surface area contributed by atoms with E-state index in [1.54, 1.807) is 6.07 Å². The fraction of sp³-hybridized carbons (Fsp3) is 0.538. The molecular formula is C13H19BrFN. The largest absolute Gasteiger partial charge is 0.302 e. The molecule has 0 bridgehead atoms. The molecule has 0 saturated heterocycles. The van der Waals surface area contributed by atoms with Crippen molar-refractivity contribution in [2.75, 3.05) is 13.6 Å². The predicted molar refractivity (Wildman–Crippen MR) is 69.9 cm³/mol. The minimum absolute atomic E-state index is 0.179. The summed E-state index contributed by atoms with van der Waals surface area (Å²) >= 11 is 3.31. The highest BCUT2D eigenvalue weighted by Gasteiger charge is 2.06. The van der Waals surface area contributed by atoms with Crippen molar-refractivity contribution in [2.45, 2.75) is 26.8 Å². The van der Waals surface area contributed by atoms with E-state index >= 15 is 0 Å². The molecule has 0 spiro atoms. The lowest BCUT2D eigenvalue weighted by Crippen LogP contribution is -2.23. The Bertz CT molecular complexity index is 320. The molecular weight excluding hydrogens is 269 g/mol. The second-order valence-electron chi connectivity index (χ2n) is 4.49. The van der Waals surface area contributed by atoms with Gasteiger partial charge in [0.25, 0.3) is 0 Å². The Hall–Kier alpha value is -0.410. The molecule has 0 N–H and O–H groups in total. The first-order chi connectivity index (χ1) is 7.51. The zero-order valence-corrected chi connectivity index (χ0v) is 11.7. The highest BCUT2D eigenvalue weighted by molar-refractivity contribution is 9.10. The molecule has 0 aromatic heterocycles. The van der Waals surface area contributed by atoms with Gasteiger partial charge in [-0.25, -0.2) is 4.39 Å². The molecule has 1 aromatic rings. The summed E-state index contributed by atoms with van der Waals surface area (Å²) in [4.78, 5) is 2.23. The minimum Gasteiger partial charge on any atom is -0.302 e. The van der Waals surface area contributed by atoms with Crippen LogP contribution in [0.25, 0.3) is 0 Å². The first kappa shape index (κ1) is 13.7. The zero-order valence-electron chi connectivity index (χ0n) is 10.1. The normalized spacial score (nSPS) is 13.1. The van der Waals surface area contributed by atoms with Crippen LogP contribution in [0, 0.1) is 11.7 Å². The van der Waals surface area contributed by atoms with Crippen LogP contribution in [0.15, 0.2) is 22.7 Å². The monoisotopic (exact) mass is 287 g/mol. The van der Waals surface area contributed by atoms with Crippen LogP contribution in [0.4, 0.5) is 4.39 Å². The summed E-state index contributed by atoms with van der Waals surface area (Å²) in [6.07, 6.45) is 1.18. The van der Waals surface area contributed by atoms with Crippen LogP contribution in [-0.4, -0.2) is 18.5 Å². The maximum atomic E-state index is 13.2. The van der Waals surface area contributed by atoms with E-state index < -0.39 is 0 Å². The number of halogens is 2. The summed E-state index contributed by atoms with van der Waals surface area (Å²) in [5.41, 5.74) is 1.01. The highest BCUT2D eigenvalue weighted by Crippen LogP contribution is 2.16. The number of benzene rings is 1. The Morgan fingerprint density at radius 2 is 2.06 bits per heavy atom. The topological polar surface area (TPSA) is 3.24 Å². The van der Waals surface area contributed by atoms with E-state index in [0.717, 1.165) is 23.1 Å². The summed E-state index contributed by atoms with van der Waals surface area (Å²) in [5, 5.41) is 0. The molecule has 90 valence electrons. The maximum Gasteiger partial charge on any atom is 0.124 e. The lowest BCUT2D eigenvalue weighted by Gasteiger charge is -2.20. The summed E-state index contributed by atoms with van der Waals surface area (Å²) in [7, 11) is 2.07. The third-order valence-corrected chi connectivity index (χ3v) is 3.15. The van der Waals surface area contributed by atoms with Crippen LogP contribution in [0.2, 0.25) is 0 Å². The van der Waals surface area contributed by atoms with E-state index in [-0.39, 0.29) is 5.82 Å². The summed E-state index contributed by atoms with van der Waals surface area (Å²) in [6, 6.07) is 5.05. The molecule has 16 heavy (non-hydrogen) atoms.